The first-order valence-corrected chi connectivity index (χ1v) is 14.6. The van der Waals surface area contributed by atoms with Gasteiger partial charge in [-0.2, -0.15) is 0 Å². The number of furan rings is 1. The molecule has 5 heterocycles. The highest BCUT2D eigenvalue weighted by molar-refractivity contribution is 7.10. The minimum Gasteiger partial charge on any atom is -0.450 e. The molecular weight excluding hydrogens is 508 g/mol. The van der Waals surface area contributed by atoms with Gasteiger partial charge in [0.15, 0.2) is 5.76 Å². The number of anilines is 1. The highest BCUT2D eigenvalue weighted by Crippen LogP contribution is 2.49. The smallest absolute Gasteiger partial charge is 0.319 e. The monoisotopic (exact) mass is 538 g/mol. The molecule has 0 bridgehead atoms. The number of nitrogens with zero attached hydrogens (tertiary/aromatic N) is 2. The van der Waals surface area contributed by atoms with Gasteiger partial charge in [-0.1, -0.05) is 30.9 Å². The minimum atomic E-state index is -0.515. The number of amides is 3. The molecule has 0 radical (unpaired) electrons. The Bertz CT molecular complexity index is 1410. The van der Waals surface area contributed by atoms with E-state index in [-0.39, 0.29) is 17.5 Å². The number of carbonyl (C=O) groups excluding carboxylic acids is 2. The van der Waals surface area contributed by atoms with E-state index in [9.17, 15) is 9.59 Å². The number of piperidine rings is 1. The van der Waals surface area contributed by atoms with Gasteiger partial charge in [-0.15, -0.1) is 11.3 Å². The van der Waals surface area contributed by atoms with Gasteiger partial charge in [0.25, 0.3) is 5.91 Å². The molecule has 194 valence electrons. The van der Waals surface area contributed by atoms with Gasteiger partial charge in [0, 0.05) is 35.5 Å². The Labute approximate surface area is 225 Å². The molecule has 3 aromatic rings. The summed E-state index contributed by atoms with van der Waals surface area (Å²) in [7, 11) is 2.22. The summed E-state index contributed by atoms with van der Waals surface area (Å²) in [6.45, 7) is 2.44. The quantitative estimate of drug-likeness (QED) is 0.394. The molecule has 1 saturated heterocycles. The highest BCUT2D eigenvalue weighted by atomic mass is 35.5. The summed E-state index contributed by atoms with van der Waals surface area (Å²) in [5, 5.41) is 9.57. The SMILES string of the molecule is CN1CCc2ccsc2C12CCN(C(=O)c1cc3cc(Cl)c4c(c3o1)C1(CCCCC1)NC(=O)N4)CC2. The largest absolute Gasteiger partial charge is 0.450 e. The van der Waals surface area contributed by atoms with Crippen molar-refractivity contribution in [2.45, 2.75) is 62.4 Å². The summed E-state index contributed by atoms with van der Waals surface area (Å²) >= 11 is 8.53. The fourth-order valence-corrected chi connectivity index (χ4v) is 8.78. The molecule has 2 fully saturated rings. The Kier molecular flexibility index (Phi) is 5.40. The van der Waals surface area contributed by atoms with Crippen molar-refractivity contribution in [3.05, 3.63) is 50.4 Å². The molecule has 37 heavy (non-hydrogen) atoms. The predicted molar refractivity (Wildman–Crippen MR) is 146 cm³/mol. The zero-order valence-electron chi connectivity index (χ0n) is 21.0. The molecule has 2 spiro atoms. The van der Waals surface area contributed by atoms with Crippen molar-refractivity contribution < 1.29 is 14.0 Å². The number of likely N-dealkylation sites (N-methyl/N-ethyl adjacent to an activating group) is 1. The summed E-state index contributed by atoms with van der Waals surface area (Å²) in [6, 6.07) is 5.66. The maximum atomic E-state index is 13.7. The lowest BCUT2D eigenvalue weighted by Crippen LogP contribution is -2.55. The van der Waals surface area contributed by atoms with Gasteiger partial charge in [-0.3, -0.25) is 9.69 Å². The van der Waals surface area contributed by atoms with Crippen LogP contribution in [-0.2, 0) is 17.5 Å². The summed E-state index contributed by atoms with van der Waals surface area (Å²) in [4.78, 5) is 32.1. The van der Waals surface area contributed by atoms with Crippen molar-refractivity contribution in [2.24, 2.45) is 0 Å². The average Bonchev–Trinajstić information content (AvgIpc) is 3.55. The second kappa shape index (κ2) is 8.48. The molecule has 0 unspecified atom stereocenters. The number of halogens is 1. The second-order valence-electron chi connectivity index (χ2n) is 11.1. The Balaban J connectivity index is 1.21. The number of hydrogen-bond donors (Lipinski definition) is 2. The van der Waals surface area contributed by atoms with Crippen molar-refractivity contribution in [2.75, 3.05) is 32.0 Å². The lowest BCUT2D eigenvalue weighted by molar-refractivity contribution is 0.0260. The van der Waals surface area contributed by atoms with Crippen LogP contribution in [0.4, 0.5) is 10.5 Å². The minimum absolute atomic E-state index is 0.0241. The van der Waals surface area contributed by atoms with Crippen LogP contribution in [0.25, 0.3) is 11.0 Å². The van der Waals surface area contributed by atoms with Crippen molar-refractivity contribution in [3.63, 3.8) is 0 Å². The number of fused-ring (bicyclic) bond motifs is 6. The van der Waals surface area contributed by atoms with Gasteiger partial charge in [-0.25, -0.2) is 4.79 Å². The van der Waals surface area contributed by atoms with Crippen LogP contribution in [0.3, 0.4) is 0 Å². The van der Waals surface area contributed by atoms with Crippen LogP contribution in [0.15, 0.2) is 28.0 Å². The average molecular weight is 539 g/mol. The summed E-state index contributed by atoms with van der Waals surface area (Å²) in [5.41, 5.74) is 3.13. The number of benzene rings is 1. The highest BCUT2D eigenvalue weighted by Gasteiger charge is 2.46. The predicted octanol–water partition coefficient (Wildman–Crippen LogP) is 6.06. The van der Waals surface area contributed by atoms with Crippen LogP contribution in [0.1, 0.15) is 71.5 Å². The third-order valence-electron chi connectivity index (χ3n) is 9.24. The van der Waals surface area contributed by atoms with Crippen molar-refractivity contribution >= 4 is 51.5 Å². The van der Waals surface area contributed by atoms with E-state index in [4.69, 9.17) is 16.0 Å². The number of rotatable bonds is 1. The molecule has 7 nitrogen and oxygen atoms in total. The zero-order chi connectivity index (χ0) is 25.4. The van der Waals surface area contributed by atoms with Crippen LogP contribution < -0.4 is 10.6 Å². The summed E-state index contributed by atoms with van der Waals surface area (Å²) in [5.74, 6) is 0.262. The number of nitrogens with one attached hydrogen (secondary N) is 2. The first-order chi connectivity index (χ1) is 17.9. The lowest BCUT2D eigenvalue weighted by atomic mass is 9.74. The zero-order valence-corrected chi connectivity index (χ0v) is 22.6. The standard InChI is InChI=1S/C28H31ClN4O3S/c1-32-11-5-17-6-14-37-24(17)28(32)9-12-33(13-10-28)25(34)20-16-18-15-19(29)22-21(23(18)36-20)27(31-26(35)30-22)7-3-2-4-8-27/h6,14-16H,2-5,7-13H2,1H3,(H2,30,31,35). The molecule has 1 aliphatic carbocycles. The maximum absolute atomic E-state index is 13.7. The molecule has 2 N–H and O–H groups in total. The third-order valence-corrected chi connectivity index (χ3v) is 10.7. The van der Waals surface area contributed by atoms with E-state index in [1.54, 1.807) is 6.07 Å². The van der Waals surface area contributed by atoms with Crippen molar-refractivity contribution in [3.8, 4) is 0 Å². The van der Waals surface area contributed by atoms with E-state index in [1.807, 2.05) is 22.3 Å². The fourth-order valence-electron chi connectivity index (χ4n) is 7.25. The molecule has 9 heteroatoms. The second-order valence-corrected chi connectivity index (χ2v) is 12.5. The van der Waals surface area contributed by atoms with Gasteiger partial charge in [-0.05, 0) is 68.3 Å². The molecule has 3 aliphatic heterocycles. The number of likely N-dealkylation sites (tertiary alicyclic amines) is 1. The molecule has 2 aromatic heterocycles. The fraction of sp³-hybridized carbons (Fsp3) is 0.500. The normalized spacial score (nSPS) is 22.5. The van der Waals surface area contributed by atoms with E-state index in [2.05, 4.69) is 34.0 Å². The van der Waals surface area contributed by atoms with Gasteiger partial charge in [0.2, 0.25) is 0 Å². The molecule has 1 saturated carbocycles. The Morgan fingerprint density at radius 1 is 1.11 bits per heavy atom. The molecule has 4 aliphatic rings. The summed E-state index contributed by atoms with van der Waals surface area (Å²) in [6.07, 6.45) is 7.80. The van der Waals surface area contributed by atoms with Crippen LogP contribution in [0.2, 0.25) is 5.02 Å². The van der Waals surface area contributed by atoms with Gasteiger partial charge in [0.05, 0.1) is 21.8 Å². The van der Waals surface area contributed by atoms with E-state index in [0.29, 0.717) is 35.1 Å². The van der Waals surface area contributed by atoms with Crippen molar-refractivity contribution in [1.29, 1.82) is 0 Å². The van der Waals surface area contributed by atoms with E-state index >= 15 is 0 Å². The molecular formula is C28H31ClN4O3S. The number of carbonyl (C=O) groups is 2. The number of thiophene rings is 1. The first-order valence-electron chi connectivity index (χ1n) is 13.3. The van der Waals surface area contributed by atoms with Crippen molar-refractivity contribution in [1.82, 2.24) is 15.1 Å². The van der Waals surface area contributed by atoms with Crippen LogP contribution in [-0.4, -0.2) is 48.4 Å². The third kappa shape index (κ3) is 3.48. The van der Waals surface area contributed by atoms with Gasteiger partial charge in [0.1, 0.15) is 5.58 Å². The molecule has 1 aromatic carbocycles. The van der Waals surface area contributed by atoms with Gasteiger partial charge < -0.3 is 20.0 Å². The molecule has 3 amide bonds. The van der Waals surface area contributed by atoms with Crippen LogP contribution in [0, 0.1) is 0 Å². The summed E-state index contributed by atoms with van der Waals surface area (Å²) < 4.78 is 6.35. The topological polar surface area (TPSA) is 77.8 Å². The molecule has 7 rings (SSSR count). The lowest BCUT2D eigenvalue weighted by Gasteiger charge is -2.49. The first kappa shape index (κ1) is 23.6. The Morgan fingerprint density at radius 2 is 1.89 bits per heavy atom. The number of urea groups is 1. The van der Waals surface area contributed by atoms with Gasteiger partial charge >= 0.3 is 6.03 Å². The van der Waals surface area contributed by atoms with E-state index < -0.39 is 5.54 Å². The van der Waals surface area contributed by atoms with E-state index in [1.165, 1.54) is 10.4 Å². The maximum Gasteiger partial charge on any atom is 0.319 e. The number of hydrogen-bond acceptors (Lipinski definition) is 5. The Hall–Kier alpha value is -2.55. The molecule has 0 atom stereocenters. The Morgan fingerprint density at radius 3 is 2.68 bits per heavy atom. The van der Waals surface area contributed by atoms with Crippen LogP contribution in [0.5, 0.6) is 0 Å². The van der Waals surface area contributed by atoms with Crippen LogP contribution >= 0.6 is 22.9 Å². The van der Waals surface area contributed by atoms with E-state index in [0.717, 1.165) is 68.9 Å².